The second-order valence-electron chi connectivity index (χ2n) is 8.31. The smallest absolute Gasteiger partial charge is 0.407 e. The van der Waals surface area contributed by atoms with Crippen molar-refractivity contribution in [2.24, 2.45) is 5.92 Å². The molecule has 1 fully saturated rings. The third kappa shape index (κ3) is 6.48. The summed E-state index contributed by atoms with van der Waals surface area (Å²) in [6.45, 7) is 7.45. The van der Waals surface area contributed by atoms with Crippen molar-refractivity contribution in [3.8, 4) is 0 Å². The van der Waals surface area contributed by atoms with E-state index >= 15 is 0 Å². The van der Waals surface area contributed by atoms with Crippen LogP contribution >= 0.6 is 0 Å². The highest BCUT2D eigenvalue weighted by Gasteiger charge is 2.42. The van der Waals surface area contributed by atoms with Gasteiger partial charge < -0.3 is 15.4 Å². The Morgan fingerprint density at radius 1 is 1.19 bits per heavy atom. The Labute approximate surface area is 158 Å². The number of ether oxygens (including phenoxy) is 1. The Morgan fingerprint density at radius 3 is 2.44 bits per heavy atom. The third-order valence-corrected chi connectivity index (χ3v) is 4.56. The number of benzene rings is 1. The molecule has 1 saturated carbocycles. The maximum absolute atomic E-state index is 13.7. The molecule has 1 aromatic carbocycles. The molecular weight excluding hydrogens is 354 g/mol. The standard InChI is InChI=1S/C20H28F2N2O3/c1-19(2,3)27-18(26)23-12-20(4,14-9-10-14)24-16(25)11-8-13-6-5-7-15(21)17(13)22/h5-7,14H,8-12H2,1-4H3,(H,23,26)(H,24,25). The van der Waals surface area contributed by atoms with Gasteiger partial charge in [-0.15, -0.1) is 0 Å². The van der Waals surface area contributed by atoms with Gasteiger partial charge in [0.05, 0.1) is 5.54 Å². The molecule has 2 N–H and O–H groups in total. The highest BCUT2D eigenvalue weighted by atomic mass is 19.2. The van der Waals surface area contributed by atoms with E-state index in [4.69, 9.17) is 4.74 Å². The summed E-state index contributed by atoms with van der Waals surface area (Å²) in [6, 6.07) is 3.94. The lowest BCUT2D eigenvalue weighted by Crippen LogP contribution is -2.55. The van der Waals surface area contributed by atoms with Crippen LogP contribution in [0.15, 0.2) is 18.2 Å². The third-order valence-electron chi connectivity index (χ3n) is 4.56. The Morgan fingerprint density at radius 2 is 1.85 bits per heavy atom. The zero-order valence-electron chi connectivity index (χ0n) is 16.3. The highest BCUT2D eigenvalue weighted by Crippen LogP contribution is 2.39. The van der Waals surface area contributed by atoms with Gasteiger partial charge in [0.2, 0.25) is 5.91 Å². The molecule has 2 rings (SSSR count). The van der Waals surface area contributed by atoms with Crippen molar-refractivity contribution in [1.82, 2.24) is 10.6 Å². The first kappa shape index (κ1) is 21.1. The van der Waals surface area contributed by atoms with Gasteiger partial charge in [-0.3, -0.25) is 4.79 Å². The topological polar surface area (TPSA) is 67.4 Å². The van der Waals surface area contributed by atoms with E-state index in [-0.39, 0.29) is 36.8 Å². The Bertz CT molecular complexity index is 699. The Kier molecular flexibility index (Phi) is 6.44. The van der Waals surface area contributed by atoms with Gasteiger partial charge in [0.1, 0.15) is 5.60 Å². The number of aryl methyl sites for hydroxylation is 1. The van der Waals surface area contributed by atoms with Crippen LogP contribution in [0, 0.1) is 17.6 Å². The van der Waals surface area contributed by atoms with Gasteiger partial charge in [0, 0.05) is 13.0 Å². The van der Waals surface area contributed by atoms with E-state index in [2.05, 4.69) is 10.6 Å². The lowest BCUT2D eigenvalue weighted by Gasteiger charge is -2.32. The fourth-order valence-electron chi connectivity index (χ4n) is 2.95. The maximum Gasteiger partial charge on any atom is 0.407 e. The zero-order valence-corrected chi connectivity index (χ0v) is 16.3. The lowest BCUT2D eigenvalue weighted by molar-refractivity contribution is -0.123. The molecule has 5 nitrogen and oxygen atoms in total. The first-order valence-electron chi connectivity index (χ1n) is 9.21. The molecule has 150 valence electrons. The average molecular weight is 382 g/mol. The van der Waals surface area contributed by atoms with Crippen molar-refractivity contribution in [3.63, 3.8) is 0 Å². The molecule has 1 aromatic rings. The van der Waals surface area contributed by atoms with Gasteiger partial charge in [0.15, 0.2) is 11.6 Å². The number of carbonyl (C=O) groups is 2. The molecule has 1 unspecified atom stereocenters. The van der Waals surface area contributed by atoms with Crippen LogP contribution in [0.5, 0.6) is 0 Å². The van der Waals surface area contributed by atoms with Gasteiger partial charge in [-0.05, 0) is 64.5 Å². The van der Waals surface area contributed by atoms with Crippen LogP contribution in [0.2, 0.25) is 0 Å². The van der Waals surface area contributed by atoms with Crippen molar-refractivity contribution < 1.29 is 23.1 Å². The number of nitrogens with one attached hydrogen (secondary N) is 2. The molecule has 2 amide bonds. The Hall–Kier alpha value is -2.18. The molecule has 0 aliphatic heterocycles. The largest absolute Gasteiger partial charge is 0.444 e. The van der Waals surface area contributed by atoms with Gasteiger partial charge >= 0.3 is 6.09 Å². The van der Waals surface area contributed by atoms with E-state index in [9.17, 15) is 18.4 Å². The van der Waals surface area contributed by atoms with Crippen molar-refractivity contribution in [3.05, 3.63) is 35.4 Å². The van der Waals surface area contributed by atoms with E-state index < -0.39 is 28.9 Å². The molecule has 1 aliphatic rings. The first-order valence-corrected chi connectivity index (χ1v) is 9.21. The molecule has 27 heavy (non-hydrogen) atoms. The van der Waals surface area contributed by atoms with Crippen LogP contribution in [-0.2, 0) is 16.0 Å². The molecular formula is C20H28F2N2O3. The Balaban J connectivity index is 1.89. The van der Waals surface area contributed by atoms with E-state index in [1.165, 1.54) is 12.1 Å². The second-order valence-corrected chi connectivity index (χ2v) is 8.31. The van der Waals surface area contributed by atoms with Crippen molar-refractivity contribution in [1.29, 1.82) is 0 Å². The number of alkyl carbamates (subject to hydrolysis) is 1. The number of hydrogen-bond acceptors (Lipinski definition) is 3. The SMILES string of the molecule is CC(C)(C)OC(=O)NCC(C)(NC(=O)CCc1cccc(F)c1F)C1CC1. The summed E-state index contributed by atoms with van der Waals surface area (Å²) in [7, 11) is 0. The second kappa shape index (κ2) is 8.23. The fourth-order valence-corrected chi connectivity index (χ4v) is 2.95. The summed E-state index contributed by atoms with van der Waals surface area (Å²) in [5, 5.41) is 5.66. The summed E-state index contributed by atoms with van der Waals surface area (Å²) in [6.07, 6.45) is 1.53. The monoisotopic (exact) mass is 382 g/mol. The predicted octanol–water partition coefficient (Wildman–Crippen LogP) is 3.71. The normalized spacial score (nSPS) is 16.4. The van der Waals surface area contributed by atoms with Crippen LogP contribution in [-0.4, -0.2) is 29.7 Å². The average Bonchev–Trinajstić information content (AvgIpc) is 3.38. The number of carbonyl (C=O) groups excluding carboxylic acids is 2. The first-order chi connectivity index (χ1) is 12.5. The summed E-state index contributed by atoms with van der Waals surface area (Å²) in [4.78, 5) is 24.3. The number of rotatable bonds is 7. The predicted molar refractivity (Wildman–Crippen MR) is 98.2 cm³/mol. The molecule has 1 atom stereocenters. The minimum absolute atomic E-state index is 0.0368. The minimum Gasteiger partial charge on any atom is -0.444 e. The van der Waals surface area contributed by atoms with Gasteiger partial charge in [-0.2, -0.15) is 0 Å². The van der Waals surface area contributed by atoms with Crippen LogP contribution in [0.1, 0.15) is 52.5 Å². The van der Waals surface area contributed by atoms with Crippen molar-refractivity contribution in [2.75, 3.05) is 6.54 Å². The van der Waals surface area contributed by atoms with Gasteiger partial charge in [-0.25, -0.2) is 13.6 Å². The summed E-state index contributed by atoms with van der Waals surface area (Å²) >= 11 is 0. The fraction of sp³-hybridized carbons (Fsp3) is 0.600. The lowest BCUT2D eigenvalue weighted by atomic mass is 9.95. The number of hydrogen-bond donors (Lipinski definition) is 2. The molecule has 1 aliphatic carbocycles. The molecule has 0 radical (unpaired) electrons. The summed E-state index contributed by atoms with van der Waals surface area (Å²) in [5.41, 5.74) is -1.03. The van der Waals surface area contributed by atoms with Crippen LogP contribution in [0.4, 0.5) is 13.6 Å². The van der Waals surface area contributed by atoms with Crippen LogP contribution in [0.3, 0.4) is 0 Å². The summed E-state index contributed by atoms with van der Waals surface area (Å²) < 4.78 is 32.2. The summed E-state index contributed by atoms with van der Waals surface area (Å²) in [5.74, 6) is -1.83. The zero-order chi connectivity index (χ0) is 20.2. The van der Waals surface area contributed by atoms with Crippen molar-refractivity contribution in [2.45, 2.75) is 64.5 Å². The van der Waals surface area contributed by atoms with E-state index in [0.717, 1.165) is 18.9 Å². The molecule has 7 heteroatoms. The van der Waals surface area contributed by atoms with E-state index in [1.54, 1.807) is 20.8 Å². The molecule has 0 spiro atoms. The van der Waals surface area contributed by atoms with Crippen LogP contribution < -0.4 is 10.6 Å². The van der Waals surface area contributed by atoms with Crippen molar-refractivity contribution >= 4 is 12.0 Å². The van der Waals surface area contributed by atoms with Gasteiger partial charge in [0.25, 0.3) is 0 Å². The van der Waals surface area contributed by atoms with E-state index in [1.807, 2.05) is 6.92 Å². The molecule has 0 saturated heterocycles. The molecule has 0 heterocycles. The number of amides is 2. The highest BCUT2D eigenvalue weighted by molar-refractivity contribution is 5.77. The number of halogens is 2. The van der Waals surface area contributed by atoms with E-state index in [0.29, 0.717) is 0 Å². The quantitative estimate of drug-likeness (QED) is 0.755. The molecule has 0 aromatic heterocycles. The molecule has 0 bridgehead atoms. The van der Waals surface area contributed by atoms with Crippen LogP contribution in [0.25, 0.3) is 0 Å². The van der Waals surface area contributed by atoms with Gasteiger partial charge in [-0.1, -0.05) is 12.1 Å². The minimum atomic E-state index is -0.919. The maximum atomic E-state index is 13.7.